The van der Waals surface area contributed by atoms with E-state index < -0.39 is 0 Å². The molecule has 0 bridgehead atoms. The molecule has 1 nitrogen and oxygen atoms in total. The number of nitrogens with zero attached hydrogens (tertiary/aromatic N) is 1. The average Bonchev–Trinajstić information content (AvgIpc) is 2.42. The first-order chi connectivity index (χ1) is 9.34. The largest absolute Gasteiger partial charge is 0.205 e. The predicted molar refractivity (Wildman–Crippen MR) is 92.3 cm³/mol. The van der Waals surface area contributed by atoms with E-state index in [2.05, 4.69) is 63.8 Å². The van der Waals surface area contributed by atoms with Crippen molar-refractivity contribution in [2.75, 3.05) is 7.05 Å². The Morgan fingerprint density at radius 3 is 2.05 bits per heavy atom. The summed E-state index contributed by atoms with van der Waals surface area (Å²) < 4.78 is 2.12. The Kier molecular flexibility index (Phi) is 8.23. The Morgan fingerprint density at radius 1 is 0.950 bits per heavy atom. The van der Waals surface area contributed by atoms with Gasteiger partial charge < -0.3 is 0 Å². The van der Waals surface area contributed by atoms with Crippen molar-refractivity contribution in [3.63, 3.8) is 0 Å². The summed E-state index contributed by atoms with van der Waals surface area (Å²) in [7, 11) is 2.05. The van der Waals surface area contributed by atoms with Crippen molar-refractivity contribution >= 4 is 5.71 Å². The SMILES string of the molecule is C=CC=C(C)C(=C)C(C)=[N+](C)C=C(C)C(C)=CC=CC. The van der Waals surface area contributed by atoms with Gasteiger partial charge in [0.1, 0.15) is 7.05 Å². The normalized spacial score (nSPS) is 15.4. The molecule has 0 radical (unpaired) electrons. The lowest BCUT2D eigenvalue weighted by Crippen LogP contribution is -2.12. The van der Waals surface area contributed by atoms with Gasteiger partial charge in [-0.15, -0.1) is 0 Å². The van der Waals surface area contributed by atoms with E-state index in [0.717, 1.165) is 16.9 Å². The molecule has 0 atom stereocenters. The van der Waals surface area contributed by atoms with E-state index >= 15 is 0 Å². The van der Waals surface area contributed by atoms with E-state index in [1.54, 1.807) is 6.08 Å². The lowest BCUT2D eigenvalue weighted by Gasteiger charge is -2.04. The molecule has 0 unspecified atom stereocenters. The monoisotopic (exact) mass is 270 g/mol. The Hall–Kier alpha value is -1.89. The molecule has 1 heteroatoms. The molecule has 0 aromatic carbocycles. The van der Waals surface area contributed by atoms with Crippen LogP contribution in [0, 0.1) is 0 Å². The first kappa shape index (κ1) is 18.1. The predicted octanol–water partition coefficient (Wildman–Crippen LogP) is 5.20. The van der Waals surface area contributed by atoms with Crippen LogP contribution in [0.1, 0.15) is 34.6 Å². The van der Waals surface area contributed by atoms with Crippen molar-refractivity contribution in [1.29, 1.82) is 0 Å². The molecule has 0 aromatic rings. The standard InChI is InChI=1S/C19H28N/c1-9-11-13-15(3)17(5)14-20(8)19(7)18(6)16(4)12-10-2/h9-14H,2,6H2,1,3-5,7-8H3/q+1. The van der Waals surface area contributed by atoms with Crippen LogP contribution in [-0.2, 0) is 0 Å². The summed E-state index contributed by atoms with van der Waals surface area (Å²) in [4.78, 5) is 0. The van der Waals surface area contributed by atoms with Crippen LogP contribution in [0.4, 0.5) is 0 Å². The zero-order valence-electron chi connectivity index (χ0n) is 13.8. The fourth-order valence-electron chi connectivity index (χ4n) is 1.64. The highest BCUT2D eigenvalue weighted by atomic mass is 14.9. The molecule has 0 amide bonds. The van der Waals surface area contributed by atoms with Crippen LogP contribution in [0.3, 0.4) is 0 Å². The van der Waals surface area contributed by atoms with Gasteiger partial charge in [-0.05, 0) is 38.8 Å². The molecule has 0 aliphatic heterocycles. The molecule has 0 saturated heterocycles. The molecule has 0 rings (SSSR count). The minimum atomic E-state index is 1.03. The van der Waals surface area contributed by atoms with Gasteiger partial charge in [-0.1, -0.05) is 43.5 Å². The number of rotatable bonds is 6. The van der Waals surface area contributed by atoms with Crippen LogP contribution in [0.15, 0.2) is 72.0 Å². The van der Waals surface area contributed by atoms with Crippen LogP contribution >= 0.6 is 0 Å². The van der Waals surface area contributed by atoms with Gasteiger partial charge in [0, 0.05) is 18.1 Å². The Labute approximate surface area is 124 Å². The van der Waals surface area contributed by atoms with E-state index in [-0.39, 0.29) is 0 Å². The van der Waals surface area contributed by atoms with Crippen molar-refractivity contribution in [2.24, 2.45) is 0 Å². The van der Waals surface area contributed by atoms with Crippen LogP contribution in [0.5, 0.6) is 0 Å². The molecule has 0 aromatic heterocycles. The highest BCUT2D eigenvalue weighted by Gasteiger charge is 2.10. The molecule has 108 valence electrons. The second-order valence-electron chi connectivity index (χ2n) is 4.95. The lowest BCUT2D eigenvalue weighted by atomic mass is 10.0. The van der Waals surface area contributed by atoms with Gasteiger partial charge in [-0.3, -0.25) is 0 Å². The Bertz CT molecular complexity index is 520. The first-order valence-electron chi connectivity index (χ1n) is 6.88. The molecule has 20 heavy (non-hydrogen) atoms. The highest BCUT2D eigenvalue weighted by Crippen LogP contribution is 2.11. The van der Waals surface area contributed by atoms with Gasteiger partial charge in [-0.25, -0.2) is 4.58 Å². The second kappa shape index (κ2) is 9.08. The molecule has 0 aliphatic carbocycles. The first-order valence-corrected chi connectivity index (χ1v) is 6.88. The second-order valence-corrected chi connectivity index (χ2v) is 4.95. The summed E-state index contributed by atoms with van der Waals surface area (Å²) >= 11 is 0. The van der Waals surface area contributed by atoms with E-state index in [1.807, 2.05) is 26.1 Å². The van der Waals surface area contributed by atoms with E-state index in [0.29, 0.717) is 0 Å². The fraction of sp³-hybridized carbons (Fsp3) is 0.316. The summed E-state index contributed by atoms with van der Waals surface area (Å²) in [5.74, 6) is 0. The molecule has 0 heterocycles. The third-order valence-corrected chi connectivity index (χ3v) is 3.36. The topological polar surface area (TPSA) is 3.01 Å². The van der Waals surface area contributed by atoms with Gasteiger partial charge in [0.05, 0.1) is 0 Å². The highest BCUT2D eigenvalue weighted by molar-refractivity contribution is 5.98. The molecular formula is C19H28N+. The smallest absolute Gasteiger partial charge is 0.184 e. The van der Waals surface area contributed by atoms with Crippen LogP contribution < -0.4 is 0 Å². The summed E-state index contributed by atoms with van der Waals surface area (Å²) in [6, 6.07) is 0. The molecular weight excluding hydrogens is 242 g/mol. The van der Waals surface area contributed by atoms with E-state index in [1.165, 1.54) is 11.1 Å². The van der Waals surface area contributed by atoms with Crippen LogP contribution in [0.2, 0.25) is 0 Å². The zero-order valence-corrected chi connectivity index (χ0v) is 13.8. The molecule has 0 spiro atoms. The van der Waals surface area contributed by atoms with Crippen molar-refractivity contribution in [3.05, 3.63) is 72.0 Å². The molecule has 0 fully saturated rings. The summed E-state index contributed by atoms with van der Waals surface area (Å²) in [5, 5.41) is 0. The quantitative estimate of drug-likeness (QED) is 0.354. The van der Waals surface area contributed by atoms with Crippen molar-refractivity contribution in [1.82, 2.24) is 0 Å². The summed E-state index contributed by atoms with van der Waals surface area (Å²) in [5.41, 5.74) is 5.80. The van der Waals surface area contributed by atoms with Gasteiger partial charge in [0.25, 0.3) is 0 Å². The number of allylic oxidation sites excluding steroid dienone is 9. The lowest BCUT2D eigenvalue weighted by molar-refractivity contribution is -0.422. The third-order valence-electron chi connectivity index (χ3n) is 3.36. The van der Waals surface area contributed by atoms with E-state index in [9.17, 15) is 0 Å². The fourth-order valence-corrected chi connectivity index (χ4v) is 1.64. The third kappa shape index (κ3) is 5.83. The average molecular weight is 270 g/mol. The van der Waals surface area contributed by atoms with Crippen molar-refractivity contribution in [3.8, 4) is 0 Å². The van der Waals surface area contributed by atoms with E-state index in [4.69, 9.17) is 0 Å². The minimum Gasteiger partial charge on any atom is -0.205 e. The Balaban J connectivity index is 5.37. The molecule has 0 saturated carbocycles. The molecule has 0 aliphatic rings. The maximum absolute atomic E-state index is 4.15. The summed E-state index contributed by atoms with van der Waals surface area (Å²) in [6.45, 7) is 18.3. The van der Waals surface area contributed by atoms with Gasteiger partial charge in [-0.2, -0.15) is 0 Å². The minimum absolute atomic E-state index is 1.03. The van der Waals surface area contributed by atoms with Gasteiger partial charge in [0.15, 0.2) is 11.9 Å². The molecule has 0 N–H and O–H groups in total. The van der Waals surface area contributed by atoms with Gasteiger partial charge >= 0.3 is 0 Å². The van der Waals surface area contributed by atoms with Crippen molar-refractivity contribution < 1.29 is 4.58 Å². The zero-order chi connectivity index (χ0) is 15.7. The number of hydrogen-bond acceptors (Lipinski definition) is 0. The van der Waals surface area contributed by atoms with Gasteiger partial charge in [0.2, 0.25) is 0 Å². The summed E-state index contributed by atoms with van der Waals surface area (Å²) in [6.07, 6.45) is 12.1. The van der Waals surface area contributed by atoms with Crippen LogP contribution in [0.25, 0.3) is 0 Å². The maximum atomic E-state index is 4.15. The number of hydrogen-bond donors (Lipinski definition) is 0. The Morgan fingerprint density at radius 2 is 1.55 bits per heavy atom. The van der Waals surface area contributed by atoms with Crippen molar-refractivity contribution in [2.45, 2.75) is 34.6 Å². The maximum Gasteiger partial charge on any atom is 0.184 e. The van der Waals surface area contributed by atoms with Crippen LogP contribution in [-0.4, -0.2) is 17.3 Å².